The van der Waals surface area contributed by atoms with E-state index in [1.807, 2.05) is 30.3 Å². The number of anilines is 1. The van der Waals surface area contributed by atoms with Crippen molar-refractivity contribution in [2.24, 2.45) is 4.99 Å². The Morgan fingerprint density at radius 1 is 1.10 bits per heavy atom. The zero-order valence-corrected chi connectivity index (χ0v) is 17.5. The number of nitrogens with one attached hydrogen (secondary N) is 2. The summed E-state index contributed by atoms with van der Waals surface area (Å²) < 4.78 is 10.0. The number of guanidine groups is 1. The van der Waals surface area contributed by atoms with Crippen LogP contribution in [0.4, 0.5) is 5.69 Å². The van der Waals surface area contributed by atoms with Crippen LogP contribution in [0.1, 0.15) is 21.8 Å². The van der Waals surface area contributed by atoms with E-state index in [0.29, 0.717) is 6.54 Å². The first-order valence-electron chi connectivity index (χ1n) is 10.2. The van der Waals surface area contributed by atoms with E-state index >= 15 is 0 Å². The van der Waals surface area contributed by atoms with Gasteiger partial charge in [0.05, 0.1) is 12.0 Å². The van der Waals surface area contributed by atoms with E-state index in [2.05, 4.69) is 30.6 Å². The highest BCUT2D eigenvalue weighted by Crippen LogP contribution is 2.12. The van der Waals surface area contributed by atoms with E-state index in [1.165, 1.54) is 6.26 Å². The molecule has 9 nitrogen and oxygen atoms in total. The van der Waals surface area contributed by atoms with Crippen LogP contribution in [0.15, 0.2) is 68.9 Å². The van der Waals surface area contributed by atoms with Gasteiger partial charge in [-0.05, 0) is 29.8 Å². The van der Waals surface area contributed by atoms with Crippen molar-refractivity contribution < 1.29 is 13.7 Å². The molecule has 3 heterocycles. The van der Waals surface area contributed by atoms with Gasteiger partial charge in [0.25, 0.3) is 5.91 Å². The molecule has 1 aromatic carbocycles. The normalized spacial score (nSPS) is 15.1. The van der Waals surface area contributed by atoms with Gasteiger partial charge in [-0.1, -0.05) is 17.3 Å². The lowest BCUT2D eigenvalue weighted by atomic mass is 10.2. The number of piperazine rings is 1. The first kappa shape index (κ1) is 20.7. The molecular weight excluding hydrogens is 396 g/mol. The number of nitrogens with zero attached hydrogens (tertiary/aromatic N) is 4. The molecule has 3 aromatic rings. The number of carbonyl (C=O) groups excluding carboxylic acids is 1. The summed E-state index contributed by atoms with van der Waals surface area (Å²) >= 11 is 0. The molecule has 0 atom stereocenters. The smallest absolute Gasteiger partial charge is 0.291 e. The van der Waals surface area contributed by atoms with Crippen molar-refractivity contribution in [1.82, 2.24) is 20.3 Å². The van der Waals surface area contributed by atoms with Gasteiger partial charge in [0.15, 0.2) is 11.7 Å². The third-order valence-corrected chi connectivity index (χ3v) is 5.17. The van der Waals surface area contributed by atoms with Crippen molar-refractivity contribution in [2.45, 2.75) is 13.1 Å². The van der Waals surface area contributed by atoms with Crippen LogP contribution in [0, 0.1) is 0 Å². The Balaban J connectivity index is 1.24. The molecule has 0 spiro atoms. The maximum Gasteiger partial charge on any atom is 0.291 e. The molecule has 1 saturated heterocycles. The van der Waals surface area contributed by atoms with E-state index in [9.17, 15) is 4.79 Å². The van der Waals surface area contributed by atoms with E-state index < -0.39 is 0 Å². The largest absolute Gasteiger partial charge is 0.459 e. The number of amides is 1. The fraction of sp³-hybridized carbons (Fsp3) is 0.318. The number of benzene rings is 1. The minimum absolute atomic E-state index is 0.265. The molecular formula is C22H26N6O3. The number of hydrogen-bond donors (Lipinski definition) is 2. The monoisotopic (exact) mass is 422 g/mol. The highest BCUT2D eigenvalue weighted by molar-refractivity contribution is 6.02. The predicted molar refractivity (Wildman–Crippen MR) is 117 cm³/mol. The molecule has 1 aliphatic rings. The van der Waals surface area contributed by atoms with Gasteiger partial charge >= 0.3 is 0 Å². The Morgan fingerprint density at radius 3 is 2.55 bits per heavy atom. The summed E-state index contributed by atoms with van der Waals surface area (Å²) in [4.78, 5) is 21.1. The average molecular weight is 422 g/mol. The summed E-state index contributed by atoms with van der Waals surface area (Å²) in [5.74, 6) is 0.908. The zero-order valence-electron chi connectivity index (χ0n) is 17.5. The molecule has 1 amide bonds. The Kier molecular flexibility index (Phi) is 6.63. The lowest BCUT2D eigenvalue weighted by Gasteiger charge is -2.36. The molecule has 0 radical (unpaired) electrons. The van der Waals surface area contributed by atoms with Crippen LogP contribution in [0.25, 0.3) is 0 Å². The number of carbonyl (C=O) groups is 1. The minimum atomic E-state index is -0.265. The Bertz CT molecular complexity index is 975. The predicted octanol–water partition coefficient (Wildman–Crippen LogP) is 2.41. The van der Waals surface area contributed by atoms with Crippen molar-refractivity contribution >= 4 is 17.6 Å². The molecule has 2 N–H and O–H groups in total. The van der Waals surface area contributed by atoms with Gasteiger partial charge < -0.3 is 24.5 Å². The van der Waals surface area contributed by atoms with Crippen LogP contribution in [-0.2, 0) is 13.1 Å². The quantitative estimate of drug-likeness (QED) is 0.465. The minimum Gasteiger partial charge on any atom is -0.459 e. The summed E-state index contributed by atoms with van der Waals surface area (Å²) in [6, 6.07) is 12.9. The molecule has 1 aliphatic heterocycles. The number of furan rings is 1. The molecule has 4 rings (SSSR count). The number of hydrogen-bond acceptors (Lipinski definition) is 6. The van der Waals surface area contributed by atoms with E-state index in [1.54, 1.807) is 25.4 Å². The summed E-state index contributed by atoms with van der Waals surface area (Å²) in [7, 11) is 1.80. The Hall–Kier alpha value is -3.59. The number of aliphatic imine (C=N–C) groups is 1. The average Bonchev–Trinajstić information content (AvgIpc) is 3.51. The molecule has 0 bridgehead atoms. The Morgan fingerprint density at radius 2 is 1.90 bits per heavy atom. The van der Waals surface area contributed by atoms with Crippen LogP contribution in [-0.4, -0.2) is 60.0 Å². The van der Waals surface area contributed by atoms with Gasteiger partial charge in [0.1, 0.15) is 6.26 Å². The third-order valence-electron chi connectivity index (χ3n) is 5.17. The van der Waals surface area contributed by atoms with Gasteiger partial charge in [-0.3, -0.25) is 14.7 Å². The molecule has 0 saturated carbocycles. The van der Waals surface area contributed by atoms with Crippen molar-refractivity contribution in [3.8, 4) is 0 Å². The van der Waals surface area contributed by atoms with Crippen LogP contribution >= 0.6 is 0 Å². The summed E-state index contributed by atoms with van der Waals surface area (Å²) in [5, 5.41) is 10.2. The lowest BCUT2D eigenvalue weighted by Crippen LogP contribution is -2.52. The number of rotatable bonds is 6. The van der Waals surface area contributed by atoms with Gasteiger partial charge in [-0.15, -0.1) is 0 Å². The second-order valence-corrected chi connectivity index (χ2v) is 7.28. The molecule has 9 heteroatoms. The van der Waals surface area contributed by atoms with Crippen LogP contribution in [0.2, 0.25) is 0 Å². The molecule has 0 aliphatic carbocycles. The highest BCUT2D eigenvalue weighted by atomic mass is 16.5. The third kappa shape index (κ3) is 5.52. The number of aromatic nitrogens is 1. The standard InChI is InChI=1S/C22H26N6O3/c1-23-22(28-11-9-27(10-12-28)16-19-8-14-31-26-19)24-15-17-4-6-18(7-5-17)25-21(29)20-3-2-13-30-20/h2-8,13-14H,9-12,15-16H2,1H3,(H,23,24)(H,25,29). The Labute approximate surface area is 180 Å². The van der Waals surface area contributed by atoms with E-state index in [4.69, 9.17) is 8.94 Å². The van der Waals surface area contributed by atoms with Crippen LogP contribution < -0.4 is 10.6 Å². The summed E-state index contributed by atoms with van der Waals surface area (Å²) in [6.07, 6.45) is 3.09. The molecule has 0 unspecified atom stereocenters. The van der Waals surface area contributed by atoms with Crippen molar-refractivity contribution in [1.29, 1.82) is 0 Å². The first-order chi connectivity index (χ1) is 15.2. The lowest BCUT2D eigenvalue weighted by molar-refractivity contribution is 0.0996. The SMILES string of the molecule is CN=C(NCc1ccc(NC(=O)c2ccco2)cc1)N1CCN(Cc2ccon2)CC1. The molecule has 162 valence electrons. The summed E-state index contributed by atoms with van der Waals surface area (Å²) in [5.41, 5.74) is 2.78. The molecule has 31 heavy (non-hydrogen) atoms. The van der Waals surface area contributed by atoms with Crippen LogP contribution in [0.3, 0.4) is 0 Å². The topological polar surface area (TPSA) is 99.1 Å². The van der Waals surface area contributed by atoms with Crippen molar-refractivity contribution in [3.63, 3.8) is 0 Å². The zero-order chi connectivity index (χ0) is 21.5. The van der Waals surface area contributed by atoms with Gasteiger partial charge in [0.2, 0.25) is 0 Å². The van der Waals surface area contributed by atoms with Crippen molar-refractivity contribution in [3.05, 3.63) is 72.0 Å². The maximum absolute atomic E-state index is 12.1. The van der Waals surface area contributed by atoms with E-state index in [0.717, 1.165) is 55.6 Å². The highest BCUT2D eigenvalue weighted by Gasteiger charge is 2.20. The van der Waals surface area contributed by atoms with Gasteiger partial charge in [0, 0.05) is 58.1 Å². The van der Waals surface area contributed by atoms with Gasteiger partial charge in [-0.2, -0.15) is 0 Å². The molecule has 2 aromatic heterocycles. The summed E-state index contributed by atoms with van der Waals surface area (Å²) in [6.45, 7) is 5.14. The molecule has 1 fully saturated rings. The van der Waals surface area contributed by atoms with E-state index in [-0.39, 0.29) is 11.7 Å². The van der Waals surface area contributed by atoms with Gasteiger partial charge in [-0.25, -0.2) is 0 Å². The van der Waals surface area contributed by atoms with Crippen molar-refractivity contribution in [2.75, 3.05) is 38.5 Å². The second kappa shape index (κ2) is 9.94. The second-order valence-electron chi connectivity index (χ2n) is 7.28. The van der Waals surface area contributed by atoms with Crippen LogP contribution in [0.5, 0.6) is 0 Å². The first-order valence-corrected chi connectivity index (χ1v) is 10.2. The maximum atomic E-state index is 12.1. The fourth-order valence-corrected chi connectivity index (χ4v) is 3.49. The fourth-order valence-electron chi connectivity index (χ4n) is 3.49.